The SMILES string of the molecule is Cc1ccc(C(O)CN2CCC(O)(c3ccccc3F)CC2)cc1C. The van der Waals surface area contributed by atoms with Gasteiger partial charge in [-0.2, -0.15) is 0 Å². The zero-order valence-corrected chi connectivity index (χ0v) is 14.9. The second kappa shape index (κ2) is 7.24. The Morgan fingerprint density at radius 2 is 1.76 bits per heavy atom. The van der Waals surface area contributed by atoms with Gasteiger partial charge in [0.05, 0.1) is 11.7 Å². The van der Waals surface area contributed by atoms with E-state index in [1.165, 1.54) is 17.2 Å². The van der Waals surface area contributed by atoms with Gasteiger partial charge in [0, 0.05) is 25.2 Å². The van der Waals surface area contributed by atoms with Gasteiger partial charge in [-0.1, -0.05) is 36.4 Å². The summed E-state index contributed by atoms with van der Waals surface area (Å²) in [7, 11) is 0. The van der Waals surface area contributed by atoms with Crippen molar-refractivity contribution in [2.75, 3.05) is 19.6 Å². The molecule has 3 nitrogen and oxygen atoms in total. The molecule has 1 fully saturated rings. The highest BCUT2D eigenvalue weighted by atomic mass is 19.1. The summed E-state index contributed by atoms with van der Waals surface area (Å²) in [6, 6.07) is 12.5. The lowest BCUT2D eigenvalue weighted by Crippen LogP contribution is -2.44. The molecular weight excluding hydrogens is 317 g/mol. The third-order valence-electron chi connectivity index (χ3n) is 5.41. The molecule has 1 aliphatic rings. The Hall–Kier alpha value is -1.75. The van der Waals surface area contributed by atoms with E-state index in [-0.39, 0.29) is 5.82 Å². The number of aliphatic hydroxyl groups is 2. The van der Waals surface area contributed by atoms with Crippen LogP contribution in [0.3, 0.4) is 0 Å². The van der Waals surface area contributed by atoms with Gasteiger partial charge in [0.2, 0.25) is 0 Å². The van der Waals surface area contributed by atoms with E-state index in [0.717, 1.165) is 5.56 Å². The van der Waals surface area contributed by atoms with Crippen LogP contribution in [0.15, 0.2) is 42.5 Å². The van der Waals surface area contributed by atoms with Crippen LogP contribution in [-0.4, -0.2) is 34.7 Å². The van der Waals surface area contributed by atoms with Crippen molar-refractivity contribution in [2.45, 2.75) is 38.4 Å². The van der Waals surface area contributed by atoms with Crippen LogP contribution in [0, 0.1) is 19.7 Å². The van der Waals surface area contributed by atoms with Crippen LogP contribution in [0.1, 0.15) is 41.2 Å². The number of hydrogen-bond acceptors (Lipinski definition) is 3. The molecule has 1 aliphatic heterocycles. The van der Waals surface area contributed by atoms with E-state index in [0.29, 0.717) is 38.0 Å². The Balaban J connectivity index is 1.62. The number of rotatable bonds is 4. The van der Waals surface area contributed by atoms with Crippen molar-refractivity contribution in [1.29, 1.82) is 0 Å². The minimum absolute atomic E-state index is 0.353. The Morgan fingerprint density at radius 1 is 1.08 bits per heavy atom. The van der Waals surface area contributed by atoms with E-state index < -0.39 is 11.7 Å². The van der Waals surface area contributed by atoms with Gasteiger partial charge in [-0.05, 0) is 49.4 Å². The summed E-state index contributed by atoms with van der Waals surface area (Å²) in [6.07, 6.45) is 0.375. The first kappa shape index (κ1) is 18.1. The molecule has 0 aliphatic carbocycles. The predicted molar refractivity (Wildman–Crippen MR) is 96.8 cm³/mol. The Bertz CT molecular complexity index is 738. The maximum Gasteiger partial charge on any atom is 0.129 e. The Morgan fingerprint density at radius 3 is 2.40 bits per heavy atom. The van der Waals surface area contributed by atoms with Crippen molar-refractivity contribution >= 4 is 0 Å². The largest absolute Gasteiger partial charge is 0.387 e. The zero-order valence-electron chi connectivity index (χ0n) is 14.9. The third-order valence-corrected chi connectivity index (χ3v) is 5.41. The Kier molecular flexibility index (Phi) is 5.23. The van der Waals surface area contributed by atoms with E-state index in [1.54, 1.807) is 18.2 Å². The van der Waals surface area contributed by atoms with E-state index in [1.807, 2.05) is 25.1 Å². The van der Waals surface area contributed by atoms with Crippen molar-refractivity contribution in [2.24, 2.45) is 0 Å². The fourth-order valence-electron chi connectivity index (χ4n) is 3.54. The number of benzene rings is 2. The van der Waals surface area contributed by atoms with Crippen LogP contribution in [0.2, 0.25) is 0 Å². The van der Waals surface area contributed by atoms with Crippen molar-refractivity contribution in [3.8, 4) is 0 Å². The van der Waals surface area contributed by atoms with Crippen LogP contribution in [0.5, 0.6) is 0 Å². The standard InChI is InChI=1S/C21H26FNO2/c1-15-7-8-17(13-16(15)2)20(24)14-23-11-9-21(25,10-12-23)18-5-3-4-6-19(18)22/h3-8,13,20,24-25H,9-12,14H2,1-2H3. The Labute approximate surface area is 148 Å². The van der Waals surface area contributed by atoms with Crippen molar-refractivity contribution in [3.05, 3.63) is 70.5 Å². The molecule has 2 aromatic carbocycles. The van der Waals surface area contributed by atoms with Crippen molar-refractivity contribution in [3.63, 3.8) is 0 Å². The van der Waals surface area contributed by atoms with Gasteiger partial charge in [0.1, 0.15) is 5.82 Å². The lowest BCUT2D eigenvalue weighted by Gasteiger charge is -2.39. The quantitative estimate of drug-likeness (QED) is 0.893. The molecule has 0 aromatic heterocycles. The fourth-order valence-corrected chi connectivity index (χ4v) is 3.54. The molecule has 1 heterocycles. The summed E-state index contributed by atoms with van der Waals surface area (Å²) in [5, 5.41) is 21.3. The molecule has 0 bridgehead atoms. The zero-order chi connectivity index (χ0) is 18.0. The molecule has 134 valence electrons. The van der Waals surface area contributed by atoms with Crippen molar-refractivity contribution < 1.29 is 14.6 Å². The lowest BCUT2D eigenvalue weighted by atomic mass is 9.84. The minimum Gasteiger partial charge on any atom is -0.387 e. The van der Waals surface area contributed by atoms with E-state index >= 15 is 0 Å². The van der Waals surface area contributed by atoms with Crippen molar-refractivity contribution in [1.82, 2.24) is 4.90 Å². The molecule has 1 saturated heterocycles. The molecule has 0 radical (unpaired) electrons. The summed E-state index contributed by atoms with van der Waals surface area (Å²) in [5.74, 6) is -0.353. The van der Waals surface area contributed by atoms with Gasteiger partial charge in [-0.15, -0.1) is 0 Å². The van der Waals surface area contributed by atoms with Crippen LogP contribution >= 0.6 is 0 Å². The number of aryl methyl sites for hydroxylation is 2. The number of hydrogen-bond donors (Lipinski definition) is 2. The first-order chi connectivity index (χ1) is 11.9. The monoisotopic (exact) mass is 343 g/mol. The van der Waals surface area contributed by atoms with Gasteiger partial charge in [0.15, 0.2) is 0 Å². The number of likely N-dealkylation sites (tertiary alicyclic amines) is 1. The lowest BCUT2D eigenvalue weighted by molar-refractivity contribution is -0.0367. The molecule has 3 rings (SSSR count). The molecule has 2 aromatic rings. The smallest absolute Gasteiger partial charge is 0.129 e. The second-order valence-electron chi connectivity index (χ2n) is 7.17. The third kappa shape index (κ3) is 3.92. The first-order valence-electron chi connectivity index (χ1n) is 8.84. The first-order valence-corrected chi connectivity index (χ1v) is 8.84. The number of nitrogens with zero attached hydrogens (tertiary/aromatic N) is 1. The van der Waals surface area contributed by atoms with E-state index in [4.69, 9.17) is 0 Å². The molecule has 1 unspecified atom stereocenters. The average molecular weight is 343 g/mol. The van der Waals surface area contributed by atoms with Crippen LogP contribution in [0.25, 0.3) is 0 Å². The molecular formula is C21H26FNO2. The summed E-state index contributed by atoms with van der Waals surface area (Å²) < 4.78 is 14.0. The van der Waals surface area contributed by atoms with E-state index in [9.17, 15) is 14.6 Å². The highest BCUT2D eigenvalue weighted by Crippen LogP contribution is 2.34. The molecule has 25 heavy (non-hydrogen) atoms. The van der Waals surface area contributed by atoms with Gasteiger partial charge < -0.3 is 15.1 Å². The van der Waals surface area contributed by atoms with Gasteiger partial charge >= 0.3 is 0 Å². The highest BCUT2D eigenvalue weighted by Gasteiger charge is 2.36. The van der Waals surface area contributed by atoms with Crippen LogP contribution in [0.4, 0.5) is 4.39 Å². The molecule has 0 amide bonds. The highest BCUT2D eigenvalue weighted by molar-refractivity contribution is 5.31. The van der Waals surface area contributed by atoms with Gasteiger partial charge in [-0.25, -0.2) is 4.39 Å². The number of β-amino-alcohol motifs (C(OH)–C–C–N with tert-alkyl or cyclic N) is 1. The molecule has 1 atom stereocenters. The summed E-state index contributed by atoms with van der Waals surface area (Å²) in [4.78, 5) is 2.13. The molecule has 2 N–H and O–H groups in total. The van der Waals surface area contributed by atoms with Crippen LogP contribution < -0.4 is 0 Å². The second-order valence-corrected chi connectivity index (χ2v) is 7.17. The summed E-state index contributed by atoms with van der Waals surface area (Å²) in [6.45, 7) is 5.88. The summed E-state index contributed by atoms with van der Waals surface area (Å²) in [5.41, 5.74) is 2.56. The number of halogens is 1. The molecule has 4 heteroatoms. The molecule has 0 saturated carbocycles. The normalized spacial score (nSPS) is 18.9. The topological polar surface area (TPSA) is 43.7 Å². The fraction of sp³-hybridized carbons (Fsp3) is 0.429. The van der Waals surface area contributed by atoms with Gasteiger partial charge in [0.25, 0.3) is 0 Å². The van der Waals surface area contributed by atoms with E-state index in [2.05, 4.69) is 11.8 Å². The van der Waals surface area contributed by atoms with Gasteiger partial charge in [-0.3, -0.25) is 0 Å². The minimum atomic E-state index is -1.12. The summed E-state index contributed by atoms with van der Waals surface area (Å²) >= 11 is 0. The predicted octanol–water partition coefficient (Wildman–Crippen LogP) is 3.46. The number of aliphatic hydroxyl groups excluding tert-OH is 1. The maximum absolute atomic E-state index is 14.0. The molecule has 0 spiro atoms. The van der Waals surface area contributed by atoms with Crippen LogP contribution in [-0.2, 0) is 5.60 Å². The number of piperidine rings is 1. The average Bonchev–Trinajstić information content (AvgIpc) is 2.60. The maximum atomic E-state index is 14.0.